The monoisotopic (exact) mass is 262 g/mol. The van der Waals surface area contributed by atoms with Crippen molar-refractivity contribution < 1.29 is 18.6 Å². The summed E-state index contributed by atoms with van der Waals surface area (Å²) in [6, 6.07) is 10.3. The first kappa shape index (κ1) is 12.1. The van der Waals surface area contributed by atoms with Crippen molar-refractivity contribution in [3.63, 3.8) is 0 Å². The Hall–Kier alpha value is -1.94. The van der Waals surface area contributed by atoms with Gasteiger partial charge >= 0.3 is 0 Å². The highest BCUT2D eigenvalue weighted by Gasteiger charge is 2.29. The molecule has 0 aliphatic carbocycles. The zero-order chi connectivity index (χ0) is 13.4. The van der Waals surface area contributed by atoms with E-state index in [-0.39, 0.29) is 12.2 Å². The molecule has 0 amide bonds. The minimum Gasteiger partial charge on any atom is -0.485 e. The zero-order valence-corrected chi connectivity index (χ0v) is 10.0. The predicted octanol–water partition coefficient (Wildman–Crippen LogP) is 3.52. The number of hydrogen-bond acceptors (Lipinski definition) is 2. The third-order valence-corrected chi connectivity index (χ3v) is 3.29. The lowest BCUT2D eigenvalue weighted by Crippen LogP contribution is -2.20. The Bertz CT molecular complexity index is 613. The molecule has 3 rings (SSSR count). The first-order valence-electron chi connectivity index (χ1n) is 6.04. The summed E-state index contributed by atoms with van der Waals surface area (Å²) in [5.74, 6) is -0.399. The smallest absolute Gasteiger partial charge is 0.130 e. The molecular formula is C15H12F2O2. The van der Waals surface area contributed by atoms with Crippen molar-refractivity contribution in [2.75, 3.05) is 0 Å². The number of aliphatic hydroxyl groups is 1. The molecular weight excluding hydrogens is 250 g/mol. The average Bonchev–Trinajstić information content (AvgIpc) is 2.40. The summed E-state index contributed by atoms with van der Waals surface area (Å²) >= 11 is 0. The molecule has 1 aliphatic heterocycles. The predicted molar refractivity (Wildman–Crippen MR) is 65.7 cm³/mol. The van der Waals surface area contributed by atoms with Crippen LogP contribution in [-0.4, -0.2) is 5.11 Å². The largest absolute Gasteiger partial charge is 0.485 e. The first-order chi connectivity index (χ1) is 9.15. The summed E-state index contributed by atoms with van der Waals surface area (Å²) in [6.07, 6.45) is -1.21. The van der Waals surface area contributed by atoms with E-state index in [4.69, 9.17) is 4.74 Å². The molecule has 2 nitrogen and oxygen atoms in total. The molecule has 0 radical (unpaired) electrons. The van der Waals surface area contributed by atoms with Gasteiger partial charge in [0, 0.05) is 17.5 Å². The fourth-order valence-corrected chi connectivity index (χ4v) is 2.34. The molecule has 0 fully saturated rings. The number of halogens is 2. The Kier molecular flexibility index (Phi) is 2.95. The standard InChI is InChI=1S/C15H12F2O2/c16-9-5-6-14-11(7-9)13(18)8-15(19-14)10-3-1-2-4-12(10)17/h1-7,13,15,18H,8H2/t13-,15?/m1/s1. The van der Waals surface area contributed by atoms with E-state index in [0.29, 0.717) is 16.9 Å². The molecule has 4 heteroatoms. The SMILES string of the molecule is O[C@@H]1CC(c2ccccc2F)Oc2ccc(F)cc21. The van der Waals surface area contributed by atoms with Crippen LogP contribution in [0.15, 0.2) is 42.5 Å². The van der Waals surface area contributed by atoms with E-state index in [1.54, 1.807) is 18.2 Å². The quantitative estimate of drug-likeness (QED) is 0.852. The second-order valence-corrected chi connectivity index (χ2v) is 4.56. The number of ether oxygens (including phenoxy) is 1. The Morgan fingerprint density at radius 1 is 1.05 bits per heavy atom. The topological polar surface area (TPSA) is 29.5 Å². The van der Waals surface area contributed by atoms with E-state index in [1.807, 2.05) is 0 Å². The van der Waals surface area contributed by atoms with Crippen molar-refractivity contribution in [2.24, 2.45) is 0 Å². The van der Waals surface area contributed by atoms with Gasteiger partial charge in [0.25, 0.3) is 0 Å². The highest BCUT2D eigenvalue weighted by molar-refractivity contribution is 5.39. The molecule has 98 valence electrons. The van der Waals surface area contributed by atoms with Gasteiger partial charge in [-0.05, 0) is 24.3 Å². The van der Waals surface area contributed by atoms with Crippen molar-refractivity contribution in [3.8, 4) is 5.75 Å². The van der Waals surface area contributed by atoms with E-state index in [0.717, 1.165) is 0 Å². The molecule has 0 spiro atoms. The van der Waals surface area contributed by atoms with Gasteiger partial charge in [-0.3, -0.25) is 0 Å². The van der Waals surface area contributed by atoms with Crippen LogP contribution < -0.4 is 4.74 Å². The minimum atomic E-state index is -0.857. The van der Waals surface area contributed by atoms with Crippen LogP contribution in [0, 0.1) is 11.6 Å². The van der Waals surface area contributed by atoms with Crippen LogP contribution in [0.3, 0.4) is 0 Å². The van der Waals surface area contributed by atoms with Gasteiger partial charge in [0.2, 0.25) is 0 Å². The second-order valence-electron chi connectivity index (χ2n) is 4.56. The van der Waals surface area contributed by atoms with Crippen LogP contribution in [0.4, 0.5) is 8.78 Å². The summed E-state index contributed by atoms with van der Waals surface area (Å²) in [6.45, 7) is 0. The van der Waals surface area contributed by atoms with Crippen LogP contribution in [0.5, 0.6) is 5.75 Å². The van der Waals surface area contributed by atoms with E-state index in [2.05, 4.69) is 0 Å². The van der Waals surface area contributed by atoms with Crippen molar-refractivity contribution in [3.05, 3.63) is 65.2 Å². The number of rotatable bonds is 1. The Morgan fingerprint density at radius 2 is 1.84 bits per heavy atom. The molecule has 2 atom stereocenters. The van der Waals surface area contributed by atoms with Gasteiger partial charge in [0.1, 0.15) is 23.5 Å². The van der Waals surface area contributed by atoms with Gasteiger partial charge in [0.15, 0.2) is 0 Å². The summed E-state index contributed by atoms with van der Waals surface area (Å²) in [4.78, 5) is 0. The molecule has 1 heterocycles. The molecule has 2 aromatic rings. The highest BCUT2D eigenvalue weighted by Crippen LogP contribution is 2.41. The summed E-state index contributed by atoms with van der Waals surface area (Å²) in [5, 5.41) is 10.0. The van der Waals surface area contributed by atoms with Crippen LogP contribution in [-0.2, 0) is 0 Å². The third kappa shape index (κ3) is 2.19. The lowest BCUT2D eigenvalue weighted by Gasteiger charge is -2.30. The molecule has 0 saturated carbocycles. The van der Waals surface area contributed by atoms with Gasteiger partial charge in [-0.1, -0.05) is 18.2 Å². The normalized spacial score (nSPS) is 21.6. The summed E-state index contributed by atoms with van der Waals surface area (Å²) in [7, 11) is 0. The molecule has 1 unspecified atom stereocenters. The van der Waals surface area contributed by atoms with Crippen LogP contribution in [0.1, 0.15) is 29.8 Å². The highest BCUT2D eigenvalue weighted by atomic mass is 19.1. The maximum Gasteiger partial charge on any atom is 0.130 e. The molecule has 0 saturated heterocycles. The summed E-state index contributed by atoms with van der Waals surface area (Å²) in [5.41, 5.74) is 0.809. The third-order valence-electron chi connectivity index (χ3n) is 3.29. The van der Waals surface area contributed by atoms with E-state index in [1.165, 1.54) is 24.3 Å². The van der Waals surface area contributed by atoms with Crippen molar-refractivity contribution >= 4 is 0 Å². The number of fused-ring (bicyclic) bond motifs is 1. The molecule has 0 aromatic heterocycles. The fraction of sp³-hybridized carbons (Fsp3) is 0.200. The number of hydrogen-bond donors (Lipinski definition) is 1. The van der Waals surface area contributed by atoms with Crippen LogP contribution >= 0.6 is 0 Å². The van der Waals surface area contributed by atoms with Gasteiger partial charge in [0.05, 0.1) is 6.10 Å². The fourth-order valence-electron chi connectivity index (χ4n) is 2.34. The second kappa shape index (κ2) is 4.63. The van der Waals surface area contributed by atoms with Crippen molar-refractivity contribution in [2.45, 2.75) is 18.6 Å². The molecule has 1 N–H and O–H groups in total. The molecule has 0 bridgehead atoms. The maximum absolute atomic E-state index is 13.7. The number of aliphatic hydroxyl groups excluding tert-OH is 1. The summed E-state index contributed by atoms with van der Waals surface area (Å²) < 4.78 is 32.5. The molecule has 19 heavy (non-hydrogen) atoms. The van der Waals surface area contributed by atoms with E-state index < -0.39 is 18.0 Å². The minimum absolute atomic E-state index is 0.206. The average molecular weight is 262 g/mol. The zero-order valence-electron chi connectivity index (χ0n) is 10.0. The molecule has 1 aliphatic rings. The van der Waals surface area contributed by atoms with E-state index >= 15 is 0 Å². The van der Waals surface area contributed by atoms with Crippen molar-refractivity contribution in [1.29, 1.82) is 0 Å². The molecule has 2 aromatic carbocycles. The Labute approximate surface area is 109 Å². The van der Waals surface area contributed by atoms with Crippen molar-refractivity contribution in [1.82, 2.24) is 0 Å². The van der Waals surface area contributed by atoms with Crippen LogP contribution in [0.25, 0.3) is 0 Å². The first-order valence-corrected chi connectivity index (χ1v) is 6.04. The lowest BCUT2D eigenvalue weighted by molar-refractivity contribution is 0.0636. The van der Waals surface area contributed by atoms with Gasteiger partial charge in [-0.25, -0.2) is 8.78 Å². The Morgan fingerprint density at radius 3 is 2.63 bits per heavy atom. The Balaban J connectivity index is 1.97. The van der Waals surface area contributed by atoms with Crippen LogP contribution in [0.2, 0.25) is 0 Å². The maximum atomic E-state index is 13.7. The van der Waals surface area contributed by atoms with E-state index in [9.17, 15) is 13.9 Å². The van der Waals surface area contributed by atoms with Gasteiger partial charge in [-0.15, -0.1) is 0 Å². The number of benzene rings is 2. The lowest BCUT2D eigenvalue weighted by atomic mass is 9.95. The van der Waals surface area contributed by atoms with Gasteiger partial charge < -0.3 is 9.84 Å². The van der Waals surface area contributed by atoms with Gasteiger partial charge in [-0.2, -0.15) is 0 Å².